The van der Waals surface area contributed by atoms with E-state index < -0.39 is 11.6 Å². The van der Waals surface area contributed by atoms with Gasteiger partial charge in [-0.2, -0.15) is 0 Å². The Labute approximate surface area is 111 Å². The first kappa shape index (κ1) is 13.9. The summed E-state index contributed by atoms with van der Waals surface area (Å²) in [5.74, 6) is -1.64. The highest BCUT2D eigenvalue weighted by molar-refractivity contribution is 5.92. The molecule has 0 aromatic heterocycles. The molecule has 1 aromatic carbocycles. The van der Waals surface area contributed by atoms with Gasteiger partial charge in [-0.05, 0) is 37.8 Å². The van der Waals surface area contributed by atoms with E-state index in [1.54, 1.807) is 0 Å². The molecule has 0 heterocycles. The molecule has 1 fully saturated rings. The monoisotopic (exact) mass is 268 g/mol. The minimum atomic E-state index is -0.618. The minimum absolute atomic E-state index is 0.0177. The first-order valence-corrected chi connectivity index (χ1v) is 6.49. The van der Waals surface area contributed by atoms with E-state index in [9.17, 15) is 13.6 Å². The van der Waals surface area contributed by atoms with Crippen LogP contribution >= 0.6 is 0 Å². The summed E-state index contributed by atoms with van der Waals surface area (Å²) in [6.07, 6.45) is 3.15. The van der Waals surface area contributed by atoms with E-state index in [-0.39, 0.29) is 29.1 Å². The van der Waals surface area contributed by atoms with E-state index in [2.05, 4.69) is 5.32 Å². The van der Waals surface area contributed by atoms with Crippen molar-refractivity contribution in [2.24, 2.45) is 11.7 Å². The Morgan fingerprint density at radius 3 is 2.74 bits per heavy atom. The van der Waals surface area contributed by atoms with Crippen molar-refractivity contribution in [2.45, 2.75) is 38.6 Å². The van der Waals surface area contributed by atoms with Gasteiger partial charge in [0.1, 0.15) is 11.6 Å². The molecular weight excluding hydrogens is 250 g/mol. The average Bonchev–Trinajstić information content (AvgIpc) is 2.36. The Balaban J connectivity index is 2.08. The predicted molar refractivity (Wildman–Crippen MR) is 69.7 cm³/mol. The molecule has 1 amide bonds. The number of aryl methyl sites for hydroxylation is 1. The molecule has 0 aliphatic heterocycles. The fourth-order valence-electron chi connectivity index (χ4n) is 2.44. The maximum atomic E-state index is 13.6. The van der Waals surface area contributed by atoms with Crippen molar-refractivity contribution in [3.05, 3.63) is 29.3 Å². The van der Waals surface area contributed by atoms with E-state index in [0.717, 1.165) is 31.4 Å². The summed E-state index contributed by atoms with van der Waals surface area (Å²) >= 11 is 0. The zero-order valence-corrected chi connectivity index (χ0v) is 10.9. The van der Waals surface area contributed by atoms with Crippen LogP contribution in [0.15, 0.2) is 12.1 Å². The lowest BCUT2D eigenvalue weighted by Gasteiger charge is -2.25. The maximum Gasteiger partial charge on any atom is 0.227 e. The number of hydrogen-bond donors (Lipinski definition) is 2. The number of benzene rings is 1. The van der Waals surface area contributed by atoms with E-state index in [4.69, 9.17) is 5.73 Å². The standard InChI is InChI=1S/C14H18F2N2O/c1-8-5-12(16)13(7-11(8)15)18-14(19)9-3-2-4-10(17)6-9/h5,7,9-10H,2-4,6,17H2,1H3,(H,18,19). The number of carbonyl (C=O) groups excluding carboxylic acids is 1. The Bertz CT molecular complexity index is 491. The summed E-state index contributed by atoms with van der Waals surface area (Å²) in [6.45, 7) is 1.48. The fraction of sp³-hybridized carbons (Fsp3) is 0.500. The van der Waals surface area contributed by atoms with Gasteiger partial charge >= 0.3 is 0 Å². The van der Waals surface area contributed by atoms with Crippen molar-refractivity contribution < 1.29 is 13.6 Å². The summed E-state index contributed by atoms with van der Waals surface area (Å²) in [7, 11) is 0. The number of halogens is 2. The van der Waals surface area contributed by atoms with Crippen LogP contribution in [-0.4, -0.2) is 11.9 Å². The SMILES string of the molecule is Cc1cc(F)c(NC(=O)C2CCCC(N)C2)cc1F. The van der Waals surface area contributed by atoms with Crippen molar-refractivity contribution in [3.8, 4) is 0 Å². The van der Waals surface area contributed by atoms with Crippen molar-refractivity contribution in [1.29, 1.82) is 0 Å². The molecule has 3 N–H and O–H groups in total. The second-order valence-corrected chi connectivity index (χ2v) is 5.19. The fourth-order valence-corrected chi connectivity index (χ4v) is 2.44. The highest BCUT2D eigenvalue weighted by Gasteiger charge is 2.26. The van der Waals surface area contributed by atoms with Crippen LogP contribution in [0.4, 0.5) is 14.5 Å². The molecule has 104 valence electrons. The highest BCUT2D eigenvalue weighted by atomic mass is 19.1. The molecule has 1 saturated carbocycles. The van der Waals surface area contributed by atoms with E-state index >= 15 is 0 Å². The molecule has 0 bridgehead atoms. The second kappa shape index (κ2) is 5.65. The quantitative estimate of drug-likeness (QED) is 0.866. The molecule has 1 aliphatic carbocycles. The Morgan fingerprint density at radius 2 is 2.05 bits per heavy atom. The maximum absolute atomic E-state index is 13.6. The van der Waals surface area contributed by atoms with Gasteiger partial charge in [-0.25, -0.2) is 8.78 Å². The third kappa shape index (κ3) is 3.29. The topological polar surface area (TPSA) is 55.1 Å². The number of amides is 1. The second-order valence-electron chi connectivity index (χ2n) is 5.19. The van der Waals surface area contributed by atoms with Crippen LogP contribution in [-0.2, 0) is 4.79 Å². The molecule has 3 nitrogen and oxygen atoms in total. The zero-order valence-electron chi connectivity index (χ0n) is 10.9. The summed E-state index contributed by atoms with van der Waals surface area (Å²) < 4.78 is 27.0. The average molecular weight is 268 g/mol. The van der Waals surface area contributed by atoms with Gasteiger partial charge in [0.25, 0.3) is 0 Å². The molecule has 1 aliphatic rings. The Hall–Kier alpha value is -1.49. The van der Waals surface area contributed by atoms with Gasteiger partial charge in [-0.1, -0.05) is 6.42 Å². The molecule has 2 rings (SSSR count). The predicted octanol–water partition coefficient (Wildman–Crippen LogP) is 2.73. The zero-order chi connectivity index (χ0) is 14.0. The van der Waals surface area contributed by atoms with Gasteiger partial charge in [-0.3, -0.25) is 4.79 Å². The molecule has 0 spiro atoms. The third-order valence-electron chi connectivity index (χ3n) is 3.59. The Kier molecular flexibility index (Phi) is 4.14. The highest BCUT2D eigenvalue weighted by Crippen LogP contribution is 2.26. The van der Waals surface area contributed by atoms with E-state index in [1.165, 1.54) is 6.92 Å². The summed E-state index contributed by atoms with van der Waals surface area (Å²) in [6, 6.07) is 2.12. The number of nitrogens with one attached hydrogen (secondary N) is 1. The molecule has 1 aromatic rings. The molecule has 5 heteroatoms. The first-order valence-electron chi connectivity index (χ1n) is 6.49. The van der Waals surface area contributed by atoms with Gasteiger partial charge in [-0.15, -0.1) is 0 Å². The first-order chi connectivity index (χ1) is 8.97. The summed E-state index contributed by atoms with van der Waals surface area (Å²) in [4.78, 5) is 12.0. The summed E-state index contributed by atoms with van der Waals surface area (Å²) in [5.41, 5.74) is 5.93. The number of rotatable bonds is 2. The molecular formula is C14H18F2N2O. The van der Waals surface area contributed by atoms with Crippen LogP contribution < -0.4 is 11.1 Å². The van der Waals surface area contributed by atoms with Gasteiger partial charge in [0, 0.05) is 18.0 Å². The largest absolute Gasteiger partial charge is 0.328 e. The van der Waals surface area contributed by atoms with Crippen LogP contribution in [0.25, 0.3) is 0 Å². The van der Waals surface area contributed by atoms with Crippen molar-refractivity contribution >= 4 is 11.6 Å². The molecule has 2 unspecified atom stereocenters. The molecule has 0 saturated heterocycles. The van der Waals surface area contributed by atoms with Crippen LogP contribution in [0.3, 0.4) is 0 Å². The van der Waals surface area contributed by atoms with Gasteiger partial charge in [0.05, 0.1) is 5.69 Å². The lowest BCUT2D eigenvalue weighted by atomic mass is 9.85. The van der Waals surface area contributed by atoms with Crippen LogP contribution in [0, 0.1) is 24.5 Å². The van der Waals surface area contributed by atoms with Crippen molar-refractivity contribution in [2.75, 3.05) is 5.32 Å². The van der Waals surface area contributed by atoms with Crippen LogP contribution in [0.1, 0.15) is 31.2 Å². The van der Waals surface area contributed by atoms with E-state index in [1.807, 2.05) is 0 Å². The summed E-state index contributed by atoms with van der Waals surface area (Å²) in [5, 5.41) is 2.46. The number of nitrogens with two attached hydrogens (primary N) is 1. The number of anilines is 1. The van der Waals surface area contributed by atoms with Crippen LogP contribution in [0.2, 0.25) is 0 Å². The lowest BCUT2D eigenvalue weighted by molar-refractivity contribution is -0.120. The van der Waals surface area contributed by atoms with Crippen molar-refractivity contribution in [3.63, 3.8) is 0 Å². The molecule has 0 radical (unpaired) electrons. The smallest absolute Gasteiger partial charge is 0.227 e. The van der Waals surface area contributed by atoms with E-state index in [0.29, 0.717) is 6.42 Å². The minimum Gasteiger partial charge on any atom is -0.328 e. The Morgan fingerprint density at radius 1 is 1.32 bits per heavy atom. The molecule has 2 atom stereocenters. The van der Waals surface area contributed by atoms with Gasteiger partial charge < -0.3 is 11.1 Å². The number of carbonyl (C=O) groups is 1. The molecule has 19 heavy (non-hydrogen) atoms. The van der Waals surface area contributed by atoms with Gasteiger partial charge in [0.15, 0.2) is 0 Å². The van der Waals surface area contributed by atoms with Crippen LogP contribution in [0.5, 0.6) is 0 Å². The van der Waals surface area contributed by atoms with Gasteiger partial charge in [0.2, 0.25) is 5.91 Å². The normalized spacial score (nSPS) is 23.2. The van der Waals surface area contributed by atoms with Crippen molar-refractivity contribution in [1.82, 2.24) is 0 Å². The number of hydrogen-bond acceptors (Lipinski definition) is 2. The lowest BCUT2D eigenvalue weighted by Crippen LogP contribution is -2.34. The third-order valence-corrected chi connectivity index (χ3v) is 3.59.